The summed E-state index contributed by atoms with van der Waals surface area (Å²) < 4.78 is 28.5. The zero-order valence-corrected chi connectivity index (χ0v) is 18.5. The molecule has 0 aliphatic rings. The first kappa shape index (κ1) is 22.3. The SMILES string of the molecule is COc1ccc(/C=C(/C(=O)NC(C)c2ccc(S(C)(=O)=O)cc2)c2ccccc2)cc1. The van der Waals surface area contributed by atoms with Crippen LogP contribution in [0.1, 0.15) is 29.7 Å². The Morgan fingerprint density at radius 1 is 0.935 bits per heavy atom. The zero-order chi connectivity index (χ0) is 22.4. The first-order valence-corrected chi connectivity index (χ1v) is 11.7. The molecule has 0 radical (unpaired) electrons. The Morgan fingerprint density at radius 3 is 2.10 bits per heavy atom. The van der Waals surface area contributed by atoms with Crippen LogP contribution in [0.15, 0.2) is 83.8 Å². The molecule has 3 rings (SSSR count). The molecule has 1 N–H and O–H groups in total. The lowest BCUT2D eigenvalue weighted by molar-refractivity contribution is -0.116. The lowest BCUT2D eigenvalue weighted by atomic mass is 10.0. The van der Waals surface area contributed by atoms with Gasteiger partial charge < -0.3 is 10.1 Å². The fourth-order valence-corrected chi connectivity index (χ4v) is 3.76. The minimum atomic E-state index is -3.26. The van der Waals surface area contributed by atoms with Gasteiger partial charge in [0.25, 0.3) is 5.91 Å². The number of hydrogen-bond donors (Lipinski definition) is 1. The van der Waals surface area contributed by atoms with Gasteiger partial charge in [-0.25, -0.2) is 8.42 Å². The van der Waals surface area contributed by atoms with Crippen LogP contribution in [0.2, 0.25) is 0 Å². The van der Waals surface area contributed by atoms with E-state index in [1.165, 1.54) is 6.26 Å². The molecule has 31 heavy (non-hydrogen) atoms. The van der Waals surface area contributed by atoms with E-state index >= 15 is 0 Å². The highest BCUT2D eigenvalue weighted by atomic mass is 32.2. The van der Waals surface area contributed by atoms with E-state index < -0.39 is 9.84 Å². The van der Waals surface area contributed by atoms with E-state index in [0.29, 0.717) is 5.57 Å². The van der Waals surface area contributed by atoms with Crippen molar-refractivity contribution in [1.82, 2.24) is 5.32 Å². The molecule has 160 valence electrons. The third kappa shape index (κ3) is 5.83. The molecule has 3 aromatic rings. The van der Waals surface area contributed by atoms with Gasteiger partial charge >= 0.3 is 0 Å². The second-order valence-electron chi connectivity index (χ2n) is 7.23. The van der Waals surface area contributed by atoms with E-state index in [9.17, 15) is 13.2 Å². The molecule has 3 aromatic carbocycles. The van der Waals surface area contributed by atoms with Gasteiger partial charge in [0.15, 0.2) is 9.84 Å². The highest BCUT2D eigenvalue weighted by Gasteiger charge is 2.16. The average Bonchev–Trinajstić information content (AvgIpc) is 2.78. The van der Waals surface area contributed by atoms with Crippen LogP contribution in [0.5, 0.6) is 5.75 Å². The Hall–Kier alpha value is -3.38. The first-order valence-electron chi connectivity index (χ1n) is 9.80. The maximum atomic E-state index is 13.2. The van der Waals surface area contributed by atoms with Gasteiger partial charge in [0, 0.05) is 11.8 Å². The summed E-state index contributed by atoms with van der Waals surface area (Å²) in [6, 6.07) is 23.2. The van der Waals surface area contributed by atoms with E-state index in [0.717, 1.165) is 22.4 Å². The minimum absolute atomic E-state index is 0.221. The topological polar surface area (TPSA) is 72.5 Å². The number of amides is 1. The van der Waals surface area contributed by atoms with E-state index in [1.807, 2.05) is 67.6 Å². The van der Waals surface area contributed by atoms with Crippen molar-refractivity contribution in [2.45, 2.75) is 17.9 Å². The molecule has 0 fully saturated rings. The van der Waals surface area contributed by atoms with Gasteiger partial charge in [-0.05, 0) is 54.0 Å². The van der Waals surface area contributed by atoms with Gasteiger partial charge in [-0.3, -0.25) is 4.79 Å². The normalized spacial score (nSPS) is 12.8. The van der Waals surface area contributed by atoms with Crippen LogP contribution in [-0.2, 0) is 14.6 Å². The van der Waals surface area contributed by atoms with Gasteiger partial charge in [0.1, 0.15) is 5.75 Å². The number of nitrogens with one attached hydrogen (secondary N) is 1. The highest BCUT2D eigenvalue weighted by molar-refractivity contribution is 7.90. The van der Waals surface area contributed by atoms with Crippen LogP contribution in [0.25, 0.3) is 11.6 Å². The number of ether oxygens (including phenoxy) is 1. The predicted octanol–water partition coefficient (Wildman–Crippen LogP) is 4.52. The van der Waals surface area contributed by atoms with E-state index in [2.05, 4.69) is 5.32 Å². The van der Waals surface area contributed by atoms with Crippen LogP contribution < -0.4 is 10.1 Å². The van der Waals surface area contributed by atoms with Crippen molar-refractivity contribution in [2.24, 2.45) is 0 Å². The molecule has 1 amide bonds. The van der Waals surface area contributed by atoms with Crippen molar-refractivity contribution in [1.29, 1.82) is 0 Å². The van der Waals surface area contributed by atoms with Crippen molar-refractivity contribution in [2.75, 3.05) is 13.4 Å². The summed E-state index contributed by atoms with van der Waals surface area (Å²) in [7, 11) is -1.65. The molecule has 0 saturated heterocycles. The first-order chi connectivity index (χ1) is 14.8. The minimum Gasteiger partial charge on any atom is -0.497 e. The summed E-state index contributed by atoms with van der Waals surface area (Å²) >= 11 is 0. The summed E-state index contributed by atoms with van der Waals surface area (Å²) in [6.07, 6.45) is 3.01. The number of rotatable bonds is 7. The van der Waals surface area contributed by atoms with Crippen molar-refractivity contribution in [3.8, 4) is 5.75 Å². The number of hydrogen-bond acceptors (Lipinski definition) is 4. The van der Waals surface area contributed by atoms with Gasteiger partial charge in [0.05, 0.1) is 18.0 Å². The Labute approximate surface area is 183 Å². The fourth-order valence-electron chi connectivity index (χ4n) is 3.13. The molecule has 0 bridgehead atoms. The molecule has 5 nitrogen and oxygen atoms in total. The maximum Gasteiger partial charge on any atom is 0.252 e. The Morgan fingerprint density at radius 2 is 1.55 bits per heavy atom. The van der Waals surface area contributed by atoms with Gasteiger partial charge in [-0.1, -0.05) is 54.6 Å². The second kappa shape index (κ2) is 9.62. The van der Waals surface area contributed by atoms with E-state index in [4.69, 9.17) is 4.74 Å². The third-order valence-electron chi connectivity index (χ3n) is 4.91. The van der Waals surface area contributed by atoms with Gasteiger partial charge in [-0.2, -0.15) is 0 Å². The van der Waals surface area contributed by atoms with Gasteiger partial charge in [-0.15, -0.1) is 0 Å². The van der Waals surface area contributed by atoms with Crippen molar-refractivity contribution < 1.29 is 17.9 Å². The summed E-state index contributed by atoms with van der Waals surface area (Å²) in [6.45, 7) is 1.86. The van der Waals surface area contributed by atoms with Gasteiger partial charge in [0.2, 0.25) is 0 Å². The molecular formula is C25H25NO4S. The molecule has 0 saturated carbocycles. The maximum absolute atomic E-state index is 13.2. The van der Waals surface area contributed by atoms with Crippen LogP contribution in [-0.4, -0.2) is 27.7 Å². The van der Waals surface area contributed by atoms with Crippen molar-refractivity contribution in [3.05, 3.63) is 95.6 Å². The van der Waals surface area contributed by atoms with Crippen LogP contribution in [0.3, 0.4) is 0 Å². The summed E-state index contributed by atoms with van der Waals surface area (Å²) in [4.78, 5) is 13.4. The molecule has 0 aromatic heterocycles. The molecule has 0 aliphatic heterocycles. The lowest BCUT2D eigenvalue weighted by Gasteiger charge is -2.17. The number of benzene rings is 3. The summed E-state index contributed by atoms with van der Waals surface area (Å²) in [5.41, 5.74) is 3.03. The second-order valence-corrected chi connectivity index (χ2v) is 9.25. The Bertz CT molecular complexity index is 1170. The molecule has 6 heteroatoms. The molecule has 0 spiro atoms. The van der Waals surface area contributed by atoms with E-state index in [1.54, 1.807) is 31.4 Å². The number of sulfone groups is 1. The highest BCUT2D eigenvalue weighted by Crippen LogP contribution is 2.23. The Kier molecular flexibility index (Phi) is 6.92. The van der Waals surface area contributed by atoms with E-state index in [-0.39, 0.29) is 16.8 Å². The lowest BCUT2D eigenvalue weighted by Crippen LogP contribution is -2.27. The number of carbonyl (C=O) groups is 1. The van der Waals surface area contributed by atoms with Crippen molar-refractivity contribution >= 4 is 27.4 Å². The quantitative estimate of drug-likeness (QED) is 0.438. The standard InChI is InChI=1S/C25H25NO4S/c1-18(20-11-15-23(16-12-20)31(3,28)29)26-25(27)24(21-7-5-4-6-8-21)17-19-9-13-22(30-2)14-10-19/h4-18H,1-3H3,(H,26,27)/b24-17+. The molecule has 0 heterocycles. The fraction of sp³-hybridized carbons (Fsp3) is 0.160. The molecule has 1 atom stereocenters. The van der Waals surface area contributed by atoms with Crippen LogP contribution >= 0.6 is 0 Å². The Balaban J connectivity index is 1.87. The average molecular weight is 436 g/mol. The predicted molar refractivity (Wildman–Crippen MR) is 123 cm³/mol. The van der Waals surface area contributed by atoms with Crippen LogP contribution in [0, 0.1) is 0 Å². The monoisotopic (exact) mass is 435 g/mol. The zero-order valence-electron chi connectivity index (χ0n) is 17.7. The molecule has 1 unspecified atom stereocenters. The number of methoxy groups -OCH3 is 1. The molecular weight excluding hydrogens is 410 g/mol. The largest absolute Gasteiger partial charge is 0.497 e. The molecule has 0 aliphatic carbocycles. The summed E-state index contributed by atoms with van der Waals surface area (Å²) in [5.74, 6) is 0.524. The smallest absolute Gasteiger partial charge is 0.252 e. The number of carbonyl (C=O) groups excluding carboxylic acids is 1. The van der Waals surface area contributed by atoms with Crippen molar-refractivity contribution in [3.63, 3.8) is 0 Å². The summed E-state index contributed by atoms with van der Waals surface area (Å²) in [5, 5.41) is 3.01. The third-order valence-corrected chi connectivity index (χ3v) is 6.04. The van der Waals surface area contributed by atoms with Crippen LogP contribution in [0.4, 0.5) is 0 Å².